The fraction of sp³-hybridized carbons (Fsp3) is 0.278. The second-order valence-electron chi connectivity index (χ2n) is 5.42. The molecule has 0 aromatic heterocycles. The Bertz CT molecular complexity index is 658. The number of amides is 2. The van der Waals surface area contributed by atoms with Gasteiger partial charge in [0.2, 0.25) is 0 Å². The summed E-state index contributed by atoms with van der Waals surface area (Å²) in [6.07, 6.45) is 6.76. The third-order valence-corrected chi connectivity index (χ3v) is 3.85. The van der Waals surface area contributed by atoms with Gasteiger partial charge in [-0.2, -0.15) is 0 Å². The molecular weight excluding hydrogens is 297 g/mol. The first-order valence-electron chi connectivity index (χ1n) is 7.66. The van der Waals surface area contributed by atoms with Gasteiger partial charge >= 0.3 is 0 Å². The fourth-order valence-electron chi connectivity index (χ4n) is 2.64. The first kappa shape index (κ1) is 15.5. The molecule has 0 unspecified atom stereocenters. The molecule has 1 radical (unpaired) electrons. The molecule has 0 saturated carbocycles. The smallest absolute Gasteiger partial charge is 0.261 e. The van der Waals surface area contributed by atoms with Crippen molar-refractivity contribution in [2.45, 2.75) is 19.3 Å². The zero-order valence-corrected chi connectivity index (χ0v) is 12.6. The Hall–Kier alpha value is -2.43. The van der Waals surface area contributed by atoms with Crippen molar-refractivity contribution in [3.63, 3.8) is 0 Å². The summed E-state index contributed by atoms with van der Waals surface area (Å²) >= 11 is 0. The van der Waals surface area contributed by atoms with Crippen LogP contribution in [0.5, 0.6) is 0 Å². The summed E-state index contributed by atoms with van der Waals surface area (Å²) in [6, 6.07) is 6.83. The number of hydrogen-bond acceptors (Lipinski definition) is 3. The molecule has 5 heteroatoms. The lowest BCUT2D eigenvalue weighted by Crippen LogP contribution is -2.30. The Labute approximate surface area is 134 Å². The van der Waals surface area contributed by atoms with Crippen molar-refractivity contribution in [3.05, 3.63) is 65.6 Å². The van der Waals surface area contributed by atoms with E-state index in [0.29, 0.717) is 43.5 Å². The molecule has 1 aliphatic heterocycles. The molecule has 0 spiro atoms. The van der Waals surface area contributed by atoms with Crippen LogP contribution in [0.15, 0.2) is 48.0 Å². The molecule has 1 aromatic rings. The molecular formula is C18H17FNO3. The molecule has 0 N–H and O–H groups in total. The highest BCUT2D eigenvalue weighted by Crippen LogP contribution is 2.23. The van der Waals surface area contributed by atoms with Gasteiger partial charge in [0.05, 0.1) is 17.7 Å². The summed E-state index contributed by atoms with van der Waals surface area (Å²) in [7, 11) is 0. The zero-order chi connectivity index (χ0) is 16.2. The number of carbonyl (C=O) groups excluding carboxylic acids is 2. The van der Waals surface area contributed by atoms with Gasteiger partial charge in [0.25, 0.3) is 11.8 Å². The number of imide groups is 1. The van der Waals surface area contributed by atoms with Crippen molar-refractivity contribution in [2.75, 3.05) is 13.2 Å². The first-order valence-corrected chi connectivity index (χ1v) is 7.66. The molecule has 4 nitrogen and oxygen atoms in total. The summed E-state index contributed by atoms with van der Waals surface area (Å²) in [6.45, 7) is 0.698. The number of fused-ring (bicyclic) bond motifs is 1. The molecule has 119 valence electrons. The second-order valence-corrected chi connectivity index (χ2v) is 5.42. The van der Waals surface area contributed by atoms with Gasteiger partial charge in [-0.1, -0.05) is 12.1 Å². The van der Waals surface area contributed by atoms with Gasteiger partial charge in [0.15, 0.2) is 11.6 Å². The van der Waals surface area contributed by atoms with E-state index in [2.05, 4.69) is 0 Å². The van der Waals surface area contributed by atoms with E-state index in [9.17, 15) is 14.0 Å². The van der Waals surface area contributed by atoms with Crippen molar-refractivity contribution >= 4 is 11.8 Å². The second kappa shape index (κ2) is 6.77. The lowest BCUT2D eigenvalue weighted by atomic mass is 10.1. The summed E-state index contributed by atoms with van der Waals surface area (Å²) in [5.41, 5.74) is 0.924. The van der Waals surface area contributed by atoms with Crippen LogP contribution in [-0.2, 0) is 4.74 Å². The Morgan fingerprint density at radius 3 is 2.43 bits per heavy atom. The van der Waals surface area contributed by atoms with Gasteiger partial charge in [0.1, 0.15) is 0 Å². The highest BCUT2D eigenvalue weighted by molar-refractivity contribution is 6.21. The SMILES string of the molecule is O=C1c2ccccc2C(=O)N1CCCCOC1=C[CH]CC=C1F. The average molecular weight is 314 g/mol. The van der Waals surface area contributed by atoms with Gasteiger partial charge in [-0.05, 0) is 50.0 Å². The Morgan fingerprint density at radius 2 is 1.78 bits per heavy atom. The van der Waals surface area contributed by atoms with Crippen LogP contribution in [-0.4, -0.2) is 29.9 Å². The van der Waals surface area contributed by atoms with Crippen LogP contribution in [0, 0.1) is 6.42 Å². The minimum absolute atomic E-state index is 0.245. The van der Waals surface area contributed by atoms with E-state index in [0.717, 1.165) is 0 Å². The minimum atomic E-state index is -0.340. The highest BCUT2D eigenvalue weighted by atomic mass is 19.1. The van der Waals surface area contributed by atoms with Crippen LogP contribution in [0.3, 0.4) is 0 Å². The van der Waals surface area contributed by atoms with Crippen molar-refractivity contribution in [1.82, 2.24) is 4.90 Å². The van der Waals surface area contributed by atoms with Gasteiger partial charge in [-0.25, -0.2) is 4.39 Å². The van der Waals surface area contributed by atoms with Crippen molar-refractivity contribution in [2.24, 2.45) is 0 Å². The maximum atomic E-state index is 13.4. The molecule has 23 heavy (non-hydrogen) atoms. The van der Waals surface area contributed by atoms with Crippen LogP contribution in [0.1, 0.15) is 40.0 Å². The predicted molar refractivity (Wildman–Crippen MR) is 83.2 cm³/mol. The van der Waals surface area contributed by atoms with E-state index in [4.69, 9.17) is 4.74 Å². The molecule has 0 bridgehead atoms. The molecule has 1 aliphatic carbocycles. The quantitative estimate of drug-likeness (QED) is 0.597. The summed E-state index contributed by atoms with van der Waals surface area (Å²) < 4.78 is 18.8. The number of carbonyl (C=O) groups is 2. The number of rotatable bonds is 6. The minimum Gasteiger partial charge on any atom is -0.491 e. The van der Waals surface area contributed by atoms with E-state index in [1.807, 2.05) is 6.42 Å². The molecule has 3 rings (SSSR count). The van der Waals surface area contributed by atoms with Crippen LogP contribution < -0.4 is 0 Å². The number of ether oxygens (including phenoxy) is 1. The number of unbranched alkanes of at least 4 members (excludes halogenated alkanes) is 1. The molecule has 1 aromatic carbocycles. The number of allylic oxidation sites excluding steroid dienone is 3. The number of benzene rings is 1. The summed E-state index contributed by atoms with van der Waals surface area (Å²) in [5.74, 6) is -0.583. The Morgan fingerprint density at radius 1 is 1.09 bits per heavy atom. The van der Waals surface area contributed by atoms with Crippen LogP contribution >= 0.6 is 0 Å². The third-order valence-electron chi connectivity index (χ3n) is 3.85. The Kier molecular flexibility index (Phi) is 4.55. The van der Waals surface area contributed by atoms with E-state index < -0.39 is 0 Å². The molecule has 2 aliphatic rings. The largest absolute Gasteiger partial charge is 0.491 e. The van der Waals surface area contributed by atoms with Gasteiger partial charge in [-0.15, -0.1) is 0 Å². The molecule has 0 saturated heterocycles. The van der Waals surface area contributed by atoms with Gasteiger partial charge in [-0.3, -0.25) is 14.5 Å². The van der Waals surface area contributed by atoms with Gasteiger partial charge in [0, 0.05) is 6.54 Å². The van der Waals surface area contributed by atoms with Crippen molar-refractivity contribution < 1.29 is 18.7 Å². The van der Waals surface area contributed by atoms with Crippen LogP contribution in [0.4, 0.5) is 4.39 Å². The maximum Gasteiger partial charge on any atom is 0.261 e. The van der Waals surface area contributed by atoms with Crippen LogP contribution in [0.25, 0.3) is 0 Å². The normalized spacial score (nSPS) is 17.0. The first-order chi connectivity index (χ1) is 11.2. The average Bonchev–Trinajstić information content (AvgIpc) is 2.81. The molecule has 2 amide bonds. The van der Waals surface area contributed by atoms with Crippen LogP contribution in [0.2, 0.25) is 0 Å². The maximum absolute atomic E-state index is 13.4. The van der Waals surface area contributed by atoms with Crippen molar-refractivity contribution in [3.8, 4) is 0 Å². The van der Waals surface area contributed by atoms with Gasteiger partial charge < -0.3 is 4.74 Å². The topological polar surface area (TPSA) is 46.6 Å². The van der Waals surface area contributed by atoms with Crippen molar-refractivity contribution in [1.29, 1.82) is 0 Å². The standard InChI is InChI=1S/C18H17FNO3/c19-15-9-3-4-10-16(15)23-12-6-5-11-20-17(21)13-7-1-2-8-14(13)18(20)22/h1-2,4,7-10H,3,5-6,11-12H2. The number of hydrogen-bond donors (Lipinski definition) is 0. The summed E-state index contributed by atoms with van der Waals surface area (Å²) in [5, 5.41) is 0. The molecule has 0 fully saturated rings. The van der Waals surface area contributed by atoms with E-state index in [1.165, 1.54) is 11.0 Å². The monoisotopic (exact) mass is 314 g/mol. The van der Waals surface area contributed by atoms with E-state index in [-0.39, 0.29) is 23.4 Å². The highest BCUT2D eigenvalue weighted by Gasteiger charge is 2.34. The predicted octanol–water partition coefficient (Wildman–Crippen LogP) is 3.42. The van der Waals surface area contributed by atoms with E-state index in [1.54, 1.807) is 30.3 Å². The summed E-state index contributed by atoms with van der Waals surface area (Å²) in [4.78, 5) is 25.6. The molecule has 0 atom stereocenters. The lowest BCUT2D eigenvalue weighted by molar-refractivity contribution is 0.0648. The number of halogens is 1. The van der Waals surface area contributed by atoms with E-state index >= 15 is 0 Å². The third kappa shape index (κ3) is 3.18. The Balaban J connectivity index is 1.45. The number of nitrogens with zero attached hydrogens (tertiary/aromatic N) is 1. The molecule has 1 heterocycles. The fourth-order valence-corrected chi connectivity index (χ4v) is 2.64. The zero-order valence-electron chi connectivity index (χ0n) is 12.6. The lowest BCUT2D eigenvalue weighted by Gasteiger charge is -2.15.